The zero-order chi connectivity index (χ0) is 26.2. The van der Waals surface area contributed by atoms with Gasteiger partial charge in [0, 0.05) is 41.3 Å². The molecule has 4 aromatic rings. The number of carbonyl (C=O) groups excluding carboxylic acids is 2. The zero-order valence-electron chi connectivity index (χ0n) is 20.6. The van der Waals surface area contributed by atoms with Crippen LogP contribution in [0.15, 0.2) is 77.4 Å². The molecule has 1 fully saturated rings. The second kappa shape index (κ2) is 9.94. The SMILES string of the molecule is COc1cc([C@H](c2c[nH]c3ccccc23)C2C(=O)OC(C)(C)OC2=O)ccc1OCc1ccc(Br)cc1. The summed E-state index contributed by atoms with van der Waals surface area (Å²) in [5.41, 5.74) is 3.36. The van der Waals surface area contributed by atoms with E-state index >= 15 is 0 Å². The van der Waals surface area contributed by atoms with E-state index in [0.717, 1.165) is 26.5 Å². The Morgan fingerprint density at radius 2 is 1.68 bits per heavy atom. The molecule has 0 amide bonds. The van der Waals surface area contributed by atoms with Gasteiger partial charge in [0.05, 0.1) is 7.11 Å². The van der Waals surface area contributed by atoms with E-state index in [-0.39, 0.29) is 0 Å². The summed E-state index contributed by atoms with van der Waals surface area (Å²) >= 11 is 3.44. The van der Waals surface area contributed by atoms with Crippen molar-refractivity contribution in [2.24, 2.45) is 5.92 Å². The number of esters is 2. The Bertz CT molecular complexity index is 1440. The lowest BCUT2D eigenvalue weighted by atomic mass is 9.80. The van der Waals surface area contributed by atoms with Gasteiger partial charge in [0.2, 0.25) is 0 Å². The maximum atomic E-state index is 13.2. The summed E-state index contributed by atoms with van der Waals surface area (Å²) in [5, 5.41) is 0.896. The van der Waals surface area contributed by atoms with Crippen LogP contribution in [0.5, 0.6) is 11.5 Å². The van der Waals surface area contributed by atoms with Crippen LogP contribution in [-0.2, 0) is 25.7 Å². The van der Waals surface area contributed by atoms with Gasteiger partial charge in [0.25, 0.3) is 5.79 Å². The Hall–Kier alpha value is -3.78. The highest BCUT2D eigenvalue weighted by molar-refractivity contribution is 9.10. The van der Waals surface area contributed by atoms with Crippen LogP contribution >= 0.6 is 15.9 Å². The Morgan fingerprint density at radius 1 is 0.973 bits per heavy atom. The lowest BCUT2D eigenvalue weighted by Crippen LogP contribution is -2.48. The van der Waals surface area contributed by atoms with E-state index in [4.69, 9.17) is 18.9 Å². The molecular formula is C29H26BrNO6. The van der Waals surface area contributed by atoms with Gasteiger partial charge in [-0.25, -0.2) is 0 Å². The van der Waals surface area contributed by atoms with Gasteiger partial charge in [0.15, 0.2) is 17.4 Å². The predicted molar refractivity (Wildman–Crippen MR) is 141 cm³/mol. The number of aromatic amines is 1. The average Bonchev–Trinajstić information content (AvgIpc) is 3.29. The summed E-state index contributed by atoms with van der Waals surface area (Å²) in [4.78, 5) is 29.6. The maximum absolute atomic E-state index is 13.2. The fourth-order valence-corrected chi connectivity index (χ4v) is 4.91. The van der Waals surface area contributed by atoms with E-state index in [2.05, 4.69) is 20.9 Å². The molecule has 1 atom stereocenters. The highest BCUT2D eigenvalue weighted by Gasteiger charge is 2.48. The fraction of sp³-hybridized carbons (Fsp3) is 0.241. The van der Waals surface area contributed by atoms with E-state index in [0.29, 0.717) is 23.7 Å². The molecule has 0 aliphatic carbocycles. The highest BCUT2D eigenvalue weighted by Crippen LogP contribution is 2.43. The molecule has 8 heteroatoms. The molecule has 7 nitrogen and oxygen atoms in total. The molecule has 3 aromatic carbocycles. The molecular weight excluding hydrogens is 538 g/mol. The van der Waals surface area contributed by atoms with Crippen molar-refractivity contribution >= 4 is 38.8 Å². The van der Waals surface area contributed by atoms with Crippen LogP contribution < -0.4 is 9.47 Å². The predicted octanol–water partition coefficient (Wildman–Crippen LogP) is 6.10. The summed E-state index contributed by atoms with van der Waals surface area (Å²) in [6.45, 7) is 3.44. The Kier molecular flexibility index (Phi) is 6.69. The van der Waals surface area contributed by atoms with Crippen LogP contribution in [0.3, 0.4) is 0 Å². The van der Waals surface area contributed by atoms with Crippen molar-refractivity contribution in [1.82, 2.24) is 4.98 Å². The van der Waals surface area contributed by atoms with E-state index in [1.165, 1.54) is 0 Å². The molecule has 1 N–H and O–H groups in total. The van der Waals surface area contributed by atoms with Crippen LogP contribution in [0.25, 0.3) is 10.9 Å². The van der Waals surface area contributed by atoms with Crippen LogP contribution in [0.4, 0.5) is 0 Å². The minimum Gasteiger partial charge on any atom is -0.493 e. The van der Waals surface area contributed by atoms with Gasteiger partial charge in [-0.15, -0.1) is 0 Å². The van der Waals surface area contributed by atoms with E-state index in [9.17, 15) is 9.59 Å². The van der Waals surface area contributed by atoms with Gasteiger partial charge in [-0.1, -0.05) is 52.3 Å². The van der Waals surface area contributed by atoms with Gasteiger partial charge in [0.1, 0.15) is 6.61 Å². The van der Waals surface area contributed by atoms with Gasteiger partial charge in [-0.2, -0.15) is 0 Å². The summed E-state index contributed by atoms with van der Waals surface area (Å²) in [5.74, 6) is -3.43. The van der Waals surface area contributed by atoms with E-state index in [1.807, 2.05) is 60.8 Å². The Balaban J connectivity index is 1.54. The van der Waals surface area contributed by atoms with Gasteiger partial charge >= 0.3 is 11.9 Å². The highest BCUT2D eigenvalue weighted by atomic mass is 79.9. The molecule has 1 aromatic heterocycles. The third-order valence-electron chi connectivity index (χ3n) is 6.34. The van der Waals surface area contributed by atoms with Gasteiger partial charge in [-0.3, -0.25) is 9.59 Å². The molecule has 0 spiro atoms. The van der Waals surface area contributed by atoms with Crippen molar-refractivity contribution in [3.8, 4) is 11.5 Å². The molecule has 37 heavy (non-hydrogen) atoms. The summed E-state index contributed by atoms with van der Waals surface area (Å²) in [6, 6.07) is 21.0. The molecule has 0 bridgehead atoms. The third-order valence-corrected chi connectivity index (χ3v) is 6.87. The third kappa shape index (κ3) is 5.06. The minimum absolute atomic E-state index is 0.352. The first-order valence-corrected chi connectivity index (χ1v) is 12.6. The summed E-state index contributed by atoms with van der Waals surface area (Å²) in [6.07, 6.45) is 1.82. The lowest BCUT2D eigenvalue weighted by molar-refractivity contribution is -0.240. The van der Waals surface area contributed by atoms with Crippen LogP contribution in [-0.4, -0.2) is 29.8 Å². The van der Waals surface area contributed by atoms with Crippen molar-refractivity contribution < 1.29 is 28.5 Å². The van der Waals surface area contributed by atoms with Crippen molar-refractivity contribution in [3.05, 3.63) is 94.1 Å². The number of nitrogens with one attached hydrogen (secondary N) is 1. The second-order valence-corrected chi connectivity index (χ2v) is 10.2. The number of hydrogen-bond donors (Lipinski definition) is 1. The molecule has 0 saturated carbocycles. The van der Waals surface area contributed by atoms with Crippen molar-refractivity contribution in [2.45, 2.75) is 32.2 Å². The minimum atomic E-state index is -1.32. The number of rotatable bonds is 7. The van der Waals surface area contributed by atoms with Crippen LogP contribution in [0, 0.1) is 5.92 Å². The smallest absolute Gasteiger partial charge is 0.324 e. The monoisotopic (exact) mass is 563 g/mol. The number of H-pyrrole nitrogens is 1. The Morgan fingerprint density at radius 3 is 2.38 bits per heavy atom. The topological polar surface area (TPSA) is 86.9 Å². The number of ether oxygens (including phenoxy) is 4. The number of cyclic esters (lactones) is 2. The molecule has 0 radical (unpaired) electrons. The number of halogens is 1. The first-order chi connectivity index (χ1) is 17.8. The number of para-hydroxylation sites is 1. The molecule has 190 valence electrons. The standard InChI is InChI=1S/C29H26BrNO6/c1-29(2)36-27(32)26(28(33)37-29)25(21-15-31-22-7-5-4-6-20(21)22)18-10-13-23(24(14-18)34-3)35-16-17-8-11-19(30)12-9-17/h4-15,25-26,31H,16H2,1-3H3/t25-/m1/s1. The largest absolute Gasteiger partial charge is 0.493 e. The van der Waals surface area contributed by atoms with Crippen molar-refractivity contribution in [1.29, 1.82) is 0 Å². The maximum Gasteiger partial charge on any atom is 0.324 e. The number of fused-ring (bicyclic) bond motifs is 1. The lowest BCUT2D eigenvalue weighted by Gasteiger charge is -2.36. The number of methoxy groups -OCH3 is 1. The van der Waals surface area contributed by atoms with Gasteiger partial charge in [-0.05, 0) is 47.0 Å². The number of hydrogen-bond acceptors (Lipinski definition) is 6. The van der Waals surface area contributed by atoms with Gasteiger partial charge < -0.3 is 23.9 Å². The molecule has 1 aliphatic heterocycles. The Labute approximate surface area is 222 Å². The quantitative estimate of drug-likeness (QED) is 0.216. The number of carbonyl (C=O) groups is 2. The van der Waals surface area contributed by atoms with Crippen LogP contribution in [0.1, 0.15) is 36.5 Å². The first kappa shape index (κ1) is 24.9. The van der Waals surface area contributed by atoms with Crippen LogP contribution in [0.2, 0.25) is 0 Å². The summed E-state index contributed by atoms with van der Waals surface area (Å²) in [7, 11) is 1.55. The zero-order valence-corrected chi connectivity index (χ0v) is 22.2. The number of aromatic nitrogens is 1. The molecule has 2 heterocycles. The molecule has 1 aliphatic rings. The average molecular weight is 564 g/mol. The van der Waals surface area contributed by atoms with Crippen molar-refractivity contribution in [3.63, 3.8) is 0 Å². The molecule has 5 rings (SSSR count). The molecule has 1 saturated heterocycles. The summed E-state index contributed by atoms with van der Waals surface area (Å²) < 4.78 is 23.7. The normalized spacial score (nSPS) is 16.2. The van der Waals surface area contributed by atoms with E-state index < -0.39 is 29.6 Å². The first-order valence-electron chi connectivity index (χ1n) is 11.8. The molecule has 0 unspecified atom stereocenters. The van der Waals surface area contributed by atoms with E-state index in [1.54, 1.807) is 33.1 Å². The number of benzene rings is 3. The fourth-order valence-electron chi connectivity index (χ4n) is 4.64. The second-order valence-electron chi connectivity index (χ2n) is 9.31. The van der Waals surface area contributed by atoms with Crippen molar-refractivity contribution in [2.75, 3.05) is 7.11 Å².